The first kappa shape index (κ1) is 26.5. The summed E-state index contributed by atoms with van der Waals surface area (Å²) in [6.45, 7) is 3.92. The topological polar surface area (TPSA) is 66.4 Å². The zero-order valence-electron chi connectivity index (χ0n) is 20.8. The van der Waals surface area contributed by atoms with E-state index in [0.29, 0.717) is 26.4 Å². The van der Waals surface area contributed by atoms with Gasteiger partial charge in [-0.25, -0.2) is 0 Å². The lowest BCUT2D eigenvalue weighted by molar-refractivity contribution is -0.318. The predicted molar refractivity (Wildman–Crippen MR) is 137 cm³/mol. The van der Waals surface area contributed by atoms with Gasteiger partial charge in [0.05, 0.1) is 26.4 Å². The van der Waals surface area contributed by atoms with Crippen molar-refractivity contribution in [1.29, 1.82) is 0 Å². The first-order chi connectivity index (χ1) is 17.7. The van der Waals surface area contributed by atoms with Crippen molar-refractivity contribution in [3.8, 4) is 0 Å². The van der Waals surface area contributed by atoms with E-state index in [4.69, 9.17) is 23.7 Å². The maximum absolute atomic E-state index is 11.2. The smallest absolute Gasteiger partial charge is 0.186 e. The summed E-state index contributed by atoms with van der Waals surface area (Å²) in [6.07, 6.45) is -2.72. The number of rotatable bonds is 13. The molecule has 36 heavy (non-hydrogen) atoms. The largest absolute Gasteiger partial charge is 0.385 e. The van der Waals surface area contributed by atoms with Gasteiger partial charge in [0.1, 0.15) is 24.4 Å². The van der Waals surface area contributed by atoms with Crippen molar-refractivity contribution in [1.82, 2.24) is 0 Å². The molecule has 6 nitrogen and oxygen atoms in total. The Hall–Kier alpha value is -2.58. The first-order valence-corrected chi connectivity index (χ1v) is 12.6. The minimum absolute atomic E-state index is 0.276. The van der Waals surface area contributed by atoms with Crippen LogP contribution >= 0.6 is 0 Å². The number of aliphatic hydroxyl groups is 1. The fraction of sp³-hybridized carbons (Fsp3) is 0.400. The lowest BCUT2D eigenvalue weighted by Gasteiger charge is -2.44. The highest BCUT2D eigenvalue weighted by Crippen LogP contribution is 2.29. The van der Waals surface area contributed by atoms with E-state index >= 15 is 0 Å². The van der Waals surface area contributed by atoms with Crippen LogP contribution in [0.25, 0.3) is 0 Å². The molecule has 5 atom stereocenters. The molecule has 192 valence electrons. The number of hydrogen-bond donors (Lipinski definition) is 1. The van der Waals surface area contributed by atoms with Crippen molar-refractivity contribution >= 4 is 0 Å². The standard InChI is InChI=1S/C30H36O6/c1-2-18-33-30-27(31)29(35-21-25-16-10-5-11-17-25)28(34-20-24-14-8-4-9-15-24)26(36-30)22-32-19-23-12-6-3-7-13-23/h3-17,26-31H,2,18-22H2,1H3/t26-,27-,28+,29-,30-/m1/s1. The Bertz CT molecular complexity index is 984. The third kappa shape index (κ3) is 7.71. The van der Waals surface area contributed by atoms with Crippen LogP contribution < -0.4 is 0 Å². The van der Waals surface area contributed by atoms with Gasteiger partial charge in [-0.05, 0) is 23.1 Å². The van der Waals surface area contributed by atoms with Gasteiger partial charge in [-0.3, -0.25) is 0 Å². The molecule has 0 saturated carbocycles. The van der Waals surface area contributed by atoms with Crippen molar-refractivity contribution in [3.05, 3.63) is 108 Å². The maximum atomic E-state index is 11.2. The molecule has 1 aliphatic heterocycles. The summed E-state index contributed by atoms with van der Waals surface area (Å²) < 4.78 is 30.8. The quantitative estimate of drug-likeness (QED) is 0.367. The SMILES string of the molecule is CCCO[C@@H]1O[C@H](COCc2ccccc2)[C@H](OCc2ccccc2)[C@H](OCc2ccccc2)[C@H]1O. The summed E-state index contributed by atoms with van der Waals surface area (Å²) in [6, 6.07) is 29.8. The maximum Gasteiger partial charge on any atom is 0.186 e. The lowest BCUT2D eigenvalue weighted by atomic mass is 9.98. The van der Waals surface area contributed by atoms with Crippen LogP contribution in [0.15, 0.2) is 91.0 Å². The third-order valence-corrected chi connectivity index (χ3v) is 6.07. The summed E-state index contributed by atoms with van der Waals surface area (Å²) in [5.41, 5.74) is 3.12. The van der Waals surface area contributed by atoms with Gasteiger partial charge in [0.25, 0.3) is 0 Å². The average Bonchev–Trinajstić information content (AvgIpc) is 2.93. The van der Waals surface area contributed by atoms with E-state index in [1.165, 1.54) is 0 Å². The van der Waals surface area contributed by atoms with Crippen LogP contribution in [0.3, 0.4) is 0 Å². The Labute approximate surface area is 213 Å². The molecule has 0 spiro atoms. The van der Waals surface area contributed by atoms with Gasteiger partial charge >= 0.3 is 0 Å². The van der Waals surface area contributed by atoms with E-state index < -0.39 is 30.7 Å². The Morgan fingerprint density at radius 3 is 1.69 bits per heavy atom. The second-order valence-corrected chi connectivity index (χ2v) is 8.93. The number of aliphatic hydroxyl groups excluding tert-OH is 1. The molecule has 1 fully saturated rings. The van der Waals surface area contributed by atoms with Crippen LogP contribution in [0.5, 0.6) is 0 Å². The minimum Gasteiger partial charge on any atom is -0.385 e. The van der Waals surface area contributed by atoms with E-state index in [-0.39, 0.29) is 6.61 Å². The molecule has 0 aromatic heterocycles. The van der Waals surface area contributed by atoms with Crippen LogP contribution in [0, 0.1) is 0 Å². The number of hydrogen-bond acceptors (Lipinski definition) is 6. The molecule has 4 rings (SSSR count). The van der Waals surface area contributed by atoms with E-state index in [1.807, 2.05) is 97.9 Å². The summed E-state index contributed by atoms with van der Waals surface area (Å²) in [5.74, 6) is 0. The summed E-state index contributed by atoms with van der Waals surface area (Å²) in [4.78, 5) is 0. The molecular weight excluding hydrogens is 456 g/mol. The van der Waals surface area contributed by atoms with Crippen molar-refractivity contribution in [2.75, 3.05) is 13.2 Å². The second kappa shape index (κ2) is 14.2. The van der Waals surface area contributed by atoms with E-state index in [2.05, 4.69) is 0 Å². The fourth-order valence-corrected chi connectivity index (χ4v) is 4.19. The van der Waals surface area contributed by atoms with Gasteiger partial charge in [0.2, 0.25) is 0 Å². The summed E-state index contributed by atoms with van der Waals surface area (Å²) >= 11 is 0. The van der Waals surface area contributed by atoms with Crippen LogP contribution in [-0.2, 0) is 43.5 Å². The van der Waals surface area contributed by atoms with Crippen molar-refractivity contribution < 1.29 is 28.8 Å². The van der Waals surface area contributed by atoms with Crippen LogP contribution in [0.4, 0.5) is 0 Å². The second-order valence-electron chi connectivity index (χ2n) is 8.93. The predicted octanol–water partition coefficient (Wildman–Crippen LogP) is 4.89. The highest BCUT2D eigenvalue weighted by atomic mass is 16.7. The van der Waals surface area contributed by atoms with E-state index in [0.717, 1.165) is 23.1 Å². The molecule has 1 aliphatic rings. The van der Waals surface area contributed by atoms with Crippen LogP contribution in [0.2, 0.25) is 0 Å². The molecule has 3 aromatic rings. The van der Waals surface area contributed by atoms with Gasteiger partial charge in [-0.2, -0.15) is 0 Å². The molecule has 0 bridgehead atoms. The van der Waals surface area contributed by atoms with Crippen LogP contribution in [0.1, 0.15) is 30.0 Å². The Morgan fingerprint density at radius 2 is 1.17 bits per heavy atom. The lowest BCUT2D eigenvalue weighted by Crippen LogP contribution is -2.61. The molecular formula is C30H36O6. The number of ether oxygens (including phenoxy) is 5. The van der Waals surface area contributed by atoms with Crippen molar-refractivity contribution in [2.45, 2.75) is 63.9 Å². The van der Waals surface area contributed by atoms with E-state index in [9.17, 15) is 5.11 Å². The molecule has 0 radical (unpaired) electrons. The van der Waals surface area contributed by atoms with Gasteiger partial charge < -0.3 is 28.8 Å². The zero-order valence-corrected chi connectivity index (χ0v) is 20.8. The third-order valence-electron chi connectivity index (χ3n) is 6.07. The Kier molecular flexibility index (Phi) is 10.5. The number of benzene rings is 3. The monoisotopic (exact) mass is 492 g/mol. The average molecular weight is 493 g/mol. The molecule has 1 heterocycles. The fourth-order valence-electron chi connectivity index (χ4n) is 4.19. The van der Waals surface area contributed by atoms with E-state index in [1.54, 1.807) is 0 Å². The Balaban J connectivity index is 1.51. The van der Waals surface area contributed by atoms with Gasteiger partial charge in [-0.1, -0.05) is 97.9 Å². The molecule has 0 aliphatic carbocycles. The molecule has 1 saturated heterocycles. The minimum atomic E-state index is -1.01. The summed E-state index contributed by atoms with van der Waals surface area (Å²) in [5, 5.41) is 11.2. The van der Waals surface area contributed by atoms with Crippen molar-refractivity contribution in [2.24, 2.45) is 0 Å². The van der Waals surface area contributed by atoms with Crippen LogP contribution in [-0.4, -0.2) is 49.0 Å². The molecule has 3 aromatic carbocycles. The van der Waals surface area contributed by atoms with Crippen molar-refractivity contribution in [3.63, 3.8) is 0 Å². The normalized spacial score (nSPS) is 24.0. The molecule has 6 heteroatoms. The van der Waals surface area contributed by atoms with Gasteiger partial charge in [0.15, 0.2) is 6.29 Å². The summed E-state index contributed by atoms with van der Waals surface area (Å²) in [7, 11) is 0. The van der Waals surface area contributed by atoms with Gasteiger partial charge in [0, 0.05) is 6.61 Å². The highest BCUT2D eigenvalue weighted by molar-refractivity contribution is 5.15. The molecule has 0 unspecified atom stereocenters. The molecule has 0 amide bonds. The zero-order chi connectivity index (χ0) is 25.0. The van der Waals surface area contributed by atoms with Gasteiger partial charge in [-0.15, -0.1) is 0 Å². The highest BCUT2D eigenvalue weighted by Gasteiger charge is 2.47. The molecule has 1 N–H and O–H groups in total. The first-order valence-electron chi connectivity index (χ1n) is 12.6. The Morgan fingerprint density at radius 1 is 0.667 bits per heavy atom.